The van der Waals surface area contributed by atoms with Crippen LogP contribution in [0.1, 0.15) is 27.7 Å². The van der Waals surface area contributed by atoms with Gasteiger partial charge in [-0.05, 0) is 11.8 Å². The van der Waals surface area contributed by atoms with Crippen LogP contribution in [0.4, 0.5) is 0 Å². The highest BCUT2D eigenvalue weighted by molar-refractivity contribution is 5.73. The highest BCUT2D eigenvalue weighted by Crippen LogP contribution is 2.31. The number of amides is 1. The summed E-state index contributed by atoms with van der Waals surface area (Å²) in [5.74, 6) is -0.598. The van der Waals surface area contributed by atoms with E-state index in [0.717, 1.165) is 0 Å². The van der Waals surface area contributed by atoms with Crippen molar-refractivity contribution in [1.82, 2.24) is 5.32 Å². The van der Waals surface area contributed by atoms with Crippen LogP contribution in [0.25, 0.3) is 0 Å². The Hall–Kier alpha value is -1.14. The molecule has 1 amide bonds. The van der Waals surface area contributed by atoms with E-state index in [9.17, 15) is 14.7 Å². The van der Waals surface area contributed by atoms with E-state index < -0.39 is 24.4 Å². The molecule has 1 heterocycles. The molecule has 0 bridgehead atoms. The van der Waals surface area contributed by atoms with Gasteiger partial charge in [0.25, 0.3) is 0 Å². The molecule has 0 saturated carbocycles. The van der Waals surface area contributed by atoms with Crippen LogP contribution in [-0.4, -0.2) is 42.0 Å². The molecular formula is C12H21NO5. The van der Waals surface area contributed by atoms with Crippen molar-refractivity contribution in [3.8, 4) is 0 Å². The molecule has 1 aliphatic heterocycles. The summed E-state index contributed by atoms with van der Waals surface area (Å²) in [5.41, 5.74) is 0. The average Bonchev–Trinajstić information content (AvgIpc) is 2.27. The van der Waals surface area contributed by atoms with Gasteiger partial charge in [0.05, 0.1) is 18.8 Å². The van der Waals surface area contributed by atoms with Crippen molar-refractivity contribution in [2.24, 2.45) is 11.8 Å². The molecule has 0 aliphatic carbocycles. The lowest BCUT2D eigenvalue weighted by atomic mass is 9.82. The number of carbonyl (C=O) groups is 2. The van der Waals surface area contributed by atoms with Crippen LogP contribution in [0.5, 0.6) is 0 Å². The summed E-state index contributed by atoms with van der Waals surface area (Å²) in [7, 11) is 0. The van der Waals surface area contributed by atoms with E-state index in [1.54, 1.807) is 0 Å². The third kappa shape index (κ3) is 3.43. The second-order valence-corrected chi connectivity index (χ2v) is 4.78. The number of nitrogens with one attached hydrogen (secondary N) is 1. The van der Waals surface area contributed by atoms with E-state index >= 15 is 0 Å². The summed E-state index contributed by atoms with van der Waals surface area (Å²) in [4.78, 5) is 22.2. The largest absolute Gasteiger partial charge is 0.434 e. The zero-order valence-electron chi connectivity index (χ0n) is 11.2. The molecule has 0 radical (unpaired) electrons. The van der Waals surface area contributed by atoms with Crippen molar-refractivity contribution in [1.29, 1.82) is 0 Å². The Morgan fingerprint density at radius 3 is 2.33 bits per heavy atom. The lowest BCUT2D eigenvalue weighted by Gasteiger charge is -2.43. The molecule has 6 nitrogen and oxygen atoms in total. The normalized spacial score (nSPS) is 35.9. The van der Waals surface area contributed by atoms with Crippen LogP contribution in [0.2, 0.25) is 0 Å². The third-order valence-corrected chi connectivity index (χ3v) is 3.42. The van der Waals surface area contributed by atoms with Gasteiger partial charge in [0.1, 0.15) is 0 Å². The monoisotopic (exact) mass is 259 g/mol. The Balaban J connectivity index is 2.86. The smallest absolute Gasteiger partial charge is 0.305 e. The first-order valence-electron chi connectivity index (χ1n) is 6.07. The van der Waals surface area contributed by atoms with Gasteiger partial charge < -0.3 is 19.9 Å². The number of esters is 1. The molecule has 2 N–H and O–H groups in total. The van der Waals surface area contributed by atoms with Crippen LogP contribution < -0.4 is 5.32 Å². The van der Waals surface area contributed by atoms with Crippen LogP contribution in [0.15, 0.2) is 0 Å². The number of hydrogen-bond donors (Lipinski definition) is 2. The fourth-order valence-corrected chi connectivity index (χ4v) is 2.20. The second kappa shape index (κ2) is 6.15. The summed E-state index contributed by atoms with van der Waals surface area (Å²) >= 11 is 0. The topological polar surface area (TPSA) is 84.9 Å². The van der Waals surface area contributed by atoms with Gasteiger partial charge in [-0.25, -0.2) is 0 Å². The summed E-state index contributed by atoms with van der Waals surface area (Å²) < 4.78 is 10.6. The number of hydrogen-bond acceptors (Lipinski definition) is 5. The molecule has 6 heteroatoms. The van der Waals surface area contributed by atoms with Crippen LogP contribution in [0, 0.1) is 11.8 Å². The van der Waals surface area contributed by atoms with Gasteiger partial charge in [0.2, 0.25) is 12.2 Å². The number of aliphatic hydroxyl groups excluding tert-OH is 1. The van der Waals surface area contributed by atoms with E-state index in [0.29, 0.717) is 0 Å². The molecule has 104 valence electrons. The van der Waals surface area contributed by atoms with Crippen molar-refractivity contribution < 1.29 is 24.2 Å². The molecule has 5 atom stereocenters. The fourth-order valence-electron chi connectivity index (χ4n) is 2.20. The summed E-state index contributed by atoms with van der Waals surface area (Å²) in [6.45, 7) is 6.42. The first-order valence-corrected chi connectivity index (χ1v) is 6.07. The third-order valence-electron chi connectivity index (χ3n) is 3.42. The Bertz CT molecular complexity index is 320. The average molecular weight is 259 g/mol. The van der Waals surface area contributed by atoms with E-state index in [1.807, 2.05) is 13.8 Å². The SMILES string of the molecule is CC(=O)NC1C(OC(C)=O)OC(CO)[C@@H](C)[C@@H]1C. The zero-order chi connectivity index (χ0) is 13.9. The van der Waals surface area contributed by atoms with Crippen molar-refractivity contribution in [3.63, 3.8) is 0 Å². The molecular weight excluding hydrogens is 238 g/mol. The van der Waals surface area contributed by atoms with Gasteiger partial charge in [-0.2, -0.15) is 0 Å². The Kier molecular flexibility index (Phi) is 5.10. The van der Waals surface area contributed by atoms with E-state index in [-0.39, 0.29) is 24.3 Å². The van der Waals surface area contributed by atoms with E-state index in [2.05, 4.69) is 5.32 Å². The van der Waals surface area contributed by atoms with Gasteiger partial charge in [-0.1, -0.05) is 13.8 Å². The molecule has 3 unspecified atom stereocenters. The summed E-state index contributed by atoms with van der Waals surface area (Å²) in [5, 5.41) is 12.0. The van der Waals surface area contributed by atoms with Crippen molar-refractivity contribution in [3.05, 3.63) is 0 Å². The van der Waals surface area contributed by atoms with Gasteiger partial charge in [0.15, 0.2) is 0 Å². The molecule has 0 aromatic rings. The molecule has 1 rings (SSSR count). The zero-order valence-corrected chi connectivity index (χ0v) is 11.2. The van der Waals surface area contributed by atoms with Crippen LogP contribution >= 0.6 is 0 Å². The van der Waals surface area contributed by atoms with Crippen molar-refractivity contribution in [2.75, 3.05) is 6.61 Å². The number of aliphatic hydroxyl groups is 1. The van der Waals surface area contributed by atoms with Gasteiger partial charge >= 0.3 is 5.97 Å². The standard InChI is InChI=1S/C12H21NO5/c1-6-7(2)11(13-8(3)15)12(17-9(4)16)18-10(6)5-14/h6-7,10-12,14H,5H2,1-4H3,(H,13,15)/t6-,7-,10?,11?,12?/m0/s1. The van der Waals surface area contributed by atoms with Gasteiger partial charge in [-0.3, -0.25) is 9.59 Å². The molecule has 0 aromatic carbocycles. The number of rotatable bonds is 3. The molecule has 1 fully saturated rings. The van der Waals surface area contributed by atoms with Crippen molar-refractivity contribution in [2.45, 2.75) is 46.1 Å². The highest BCUT2D eigenvalue weighted by Gasteiger charge is 2.43. The van der Waals surface area contributed by atoms with E-state index in [1.165, 1.54) is 13.8 Å². The number of carbonyl (C=O) groups excluding carboxylic acids is 2. The minimum absolute atomic E-state index is 0.0316. The molecule has 0 aromatic heterocycles. The minimum Gasteiger partial charge on any atom is -0.434 e. The number of ether oxygens (including phenoxy) is 2. The molecule has 1 aliphatic rings. The van der Waals surface area contributed by atoms with Gasteiger partial charge in [0, 0.05) is 13.8 Å². The minimum atomic E-state index is -0.852. The summed E-state index contributed by atoms with van der Waals surface area (Å²) in [6.07, 6.45) is -1.25. The maximum absolute atomic E-state index is 11.2. The predicted octanol–water partition coefficient (Wildman–Crippen LogP) is 0.0436. The fraction of sp³-hybridized carbons (Fsp3) is 0.833. The van der Waals surface area contributed by atoms with Crippen LogP contribution in [-0.2, 0) is 19.1 Å². The maximum Gasteiger partial charge on any atom is 0.305 e. The van der Waals surface area contributed by atoms with Crippen LogP contribution in [0.3, 0.4) is 0 Å². The lowest BCUT2D eigenvalue weighted by molar-refractivity contribution is -0.236. The summed E-state index contributed by atoms with van der Waals surface area (Å²) in [6, 6.07) is -0.399. The predicted molar refractivity (Wildman–Crippen MR) is 63.4 cm³/mol. The quantitative estimate of drug-likeness (QED) is 0.699. The highest BCUT2D eigenvalue weighted by atomic mass is 16.7. The molecule has 0 spiro atoms. The van der Waals surface area contributed by atoms with Gasteiger partial charge in [-0.15, -0.1) is 0 Å². The first-order chi connectivity index (χ1) is 8.36. The first kappa shape index (κ1) is 14.9. The second-order valence-electron chi connectivity index (χ2n) is 4.78. The Labute approximate surface area is 107 Å². The molecule has 1 saturated heterocycles. The Morgan fingerprint density at radius 1 is 1.28 bits per heavy atom. The Morgan fingerprint density at radius 2 is 1.89 bits per heavy atom. The maximum atomic E-state index is 11.2. The lowest BCUT2D eigenvalue weighted by Crippen LogP contribution is -2.58. The van der Waals surface area contributed by atoms with Crippen molar-refractivity contribution >= 4 is 11.9 Å². The van der Waals surface area contributed by atoms with E-state index in [4.69, 9.17) is 9.47 Å². The molecule has 18 heavy (non-hydrogen) atoms.